The van der Waals surface area contributed by atoms with E-state index in [1.165, 1.54) is 18.2 Å². The van der Waals surface area contributed by atoms with E-state index in [2.05, 4.69) is 10.6 Å². The second-order valence-electron chi connectivity index (χ2n) is 7.42. The van der Waals surface area contributed by atoms with Gasteiger partial charge < -0.3 is 15.5 Å². The van der Waals surface area contributed by atoms with Crippen molar-refractivity contribution in [1.29, 1.82) is 0 Å². The number of likely N-dealkylation sites (tertiary alicyclic amines) is 1. The van der Waals surface area contributed by atoms with Crippen LogP contribution in [-0.4, -0.2) is 42.0 Å². The topological polar surface area (TPSA) is 61.4 Å². The first-order valence-electron chi connectivity index (χ1n) is 8.46. The molecule has 0 spiro atoms. The Morgan fingerprint density at radius 2 is 1.92 bits per heavy atom. The molecule has 138 valence electrons. The van der Waals surface area contributed by atoms with Gasteiger partial charge in [-0.15, -0.1) is 0 Å². The summed E-state index contributed by atoms with van der Waals surface area (Å²) in [6.07, 6.45) is 1.59. The molecule has 2 rings (SSSR count). The van der Waals surface area contributed by atoms with Crippen LogP contribution in [0, 0.1) is 11.7 Å². The second-order valence-corrected chi connectivity index (χ2v) is 7.82. The third kappa shape index (κ3) is 5.59. The van der Waals surface area contributed by atoms with Gasteiger partial charge in [0.25, 0.3) is 5.91 Å². The molecule has 1 heterocycles. The van der Waals surface area contributed by atoms with E-state index in [-0.39, 0.29) is 28.1 Å². The minimum Gasteiger partial charge on any atom is -0.352 e. The Morgan fingerprint density at radius 1 is 1.28 bits per heavy atom. The van der Waals surface area contributed by atoms with Crippen molar-refractivity contribution in [2.24, 2.45) is 5.92 Å². The summed E-state index contributed by atoms with van der Waals surface area (Å²) < 4.78 is 13.7. The molecule has 3 amide bonds. The fourth-order valence-electron chi connectivity index (χ4n) is 2.78. The summed E-state index contributed by atoms with van der Waals surface area (Å²) in [5.41, 5.74) is -0.382. The van der Waals surface area contributed by atoms with Gasteiger partial charge in [-0.05, 0) is 51.7 Å². The van der Waals surface area contributed by atoms with E-state index in [1.54, 1.807) is 4.90 Å². The maximum atomic E-state index is 13.7. The molecular formula is C18H25ClFN3O2. The van der Waals surface area contributed by atoms with Crippen LogP contribution in [0.4, 0.5) is 9.18 Å². The summed E-state index contributed by atoms with van der Waals surface area (Å²) in [5, 5.41) is 5.80. The molecule has 1 aliphatic rings. The quantitative estimate of drug-likeness (QED) is 0.857. The number of nitrogens with one attached hydrogen (secondary N) is 2. The van der Waals surface area contributed by atoms with E-state index in [4.69, 9.17) is 11.6 Å². The van der Waals surface area contributed by atoms with Crippen molar-refractivity contribution in [3.8, 4) is 0 Å². The van der Waals surface area contributed by atoms with E-state index in [1.807, 2.05) is 20.8 Å². The molecule has 0 aliphatic carbocycles. The Morgan fingerprint density at radius 3 is 2.48 bits per heavy atom. The van der Waals surface area contributed by atoms with Crippen LogP contribution >= 0.6 is 11.6 Å². The number of amides is 3. The van der Waals surface area contributed by atoms with Crippen LogP contribution in [0.15, 0.2) is 18.2 Å². The molecule has 25 heavy (non-hydrogen) atoms. The number of benzene rings is 1. The van der Waals surface area contributed by atoms with Crippen molar-refractivity contribution >= 4 is 23.5 Å². The smallest absolute Gasteiger partial charge is 0.317 e. The summed E-state index contributed by atoms with van der Waals surface area (Å²) >= 11 is 5.90. The molecule has 0 aromatic heterocycles. The predicted molar refractivity (Wildman–Crippen MR) is 96.3 cm³/mol. The molecular weight excluding hydrogens is 345 g/mol. The van der Waals surface area contributed by atoms with Gasteiger partial charge in [-0.1, -0.05) is 17.7 Å². The van der Waals surface area contributed by atoms with Crippen LogP contribution < -0.4 is 10.6 Å². The predicted octanol–water partition coefficient (Wildman–Crippen LogP) is 3.43. The Kier molecular flexibility index (Phi) is 6.27. The Labute approximate surface area is 152 Å². The summed E-state index contributed by atoms with van der Waals surface area (Å²) in [5.74, 6) is -0.872. The fraction of sp³-hybridized carbons (Fsp3) is 0.556. The van der Waals surface area contributed by atoms with Crippen LogP contribution in [0.3, 0.4) is 0 Å². The number of carbonyl (C=O) groups excluding carboxylic acids is 2. The Bertz CT molecular complexity index is 617. The van der Waals surface area contributed by atoms with Crippen molar-refractivity contribution < 1.29 is 14.0 Å². The summed E-state index contributed by atoms with van der Waals surface area (Å²) in [4.78, 5) is 26.1. The molecule has 1 aliphatic heterocycles. The average Bonchev–Trinajstić information content (AvgIpc) is 2.51. The minimum atomic E-state index is -0.626. The molecule has 0 atom stereocenters. The van der Waals surface area contributed by atoms with Crippen molar-refractivity contribution in [1.82, 2.24) is 15.5 Å². The summed E-state index contributed by atoms with van der Waals surface area (Å²) in [6.45, 7) is 7.56. The molecule has 0 saturated carbocycles. The molecule has 0 radical (unpaired) electrons. The molecule has 1 aromatic rings. The standard InChI is InChI=1S/C18H25ClFN3O2/c1-18(2,3)22-17(25)23-9-7-12(8-10-23)11-21-16(24)15-13(19)5-4-6-14(15)20/h4-6,12H,7-11H2,1-3H3,(H,21,24)(H,22,25). The monoisotopic (exact) mass is 369 g/mol. The number of halogens is 2. The van der Waals surface area contributed by atoms with E-state index in [0.717, 1.165) is 12.8 Å². The zero-order chi connectivity index (χ0) is 18.6. The molecule has 0 unspecified atom stereocenters. The zero-order valence-corrected chi connectivity index (χ0v) is 15.6. The molecule has 1 saturated heterocycles. The van der Waals surface area contributed by atoms with Crippen LogP contribution in [0.2, 0.25) is 5.02 Å². The van der Waals surface area contributed by atoms with Gasteiger partial charge in [0.05, 0.1) is 10.6 Å². The minimum absolute atomic E-state index is 0.0619. The Balaban J connectivity index is 1.81. The van der Waals surface area contributed by atoms with Gasteiger partial charge in [0, 0.05) is 25.2 Å². The van der Waals surface area contributed by atoms with Crippen LogP contribution in [-0.2, 0) is 0 Å². The first-order chi connectivity index (χ1) is 11.7. The molecule has 0 bridgehead atoms. The third-order valence-corrected chi connectivity index (χ3v) is 4.44. The maximum absolute atomic E-state index is 13.7. The van der Waals surface area contributed by atoms with E-state index < -0.39 is 11.7 Å². The van der Waals surface area contributed by atoms with E-state index >= 15 is 0 Å². The van der Waals surface area contributed by atoms with Crippen LogP contribution in [0.25, 0.3) is 0 Å². The highest BCUT2D eigenvalue weighted by Crippen LogP contribution is 2.20. The third-order valence-electron chi connectivity index (χ3n) is 4.12. The van der Waals surface area contributed by atoms with Crippen molar-refractivity contribution in [3.05, 3.63) is 34.6 Å². The highest BCUT2D eigenvalue weighted by molar-refractivity contribution is 6.33. The second kappa shape index (κ2) is 8.04. The van der Waals surface area contributed by atoms with E-state index in [0.29, 0.717) is 19.6 Å². The first kappa shape index (κ1) is 19.5. The Hall–Kier alpha value is -1.82. The maximum Gasteiger partial charge on any atom is 0.317 e. The molecule has 7 heteroatoms. The number of urea groups is 1. The zero-order valence-electron chi connectivity index (χ0n) is 14.9. The largest absolute Gasteiger partial charge is 0.352 e. The molecule has 1 fully saturated rings. The van der Waals surface area contributed by atoms with Crippen LogP contribution in [0.1, 0.15) is 44.0 Å². The van der Waals surface area contributed by atoms with Crippen LogP contribution in [0.5, 0.6) is 0 Å². The van der Waals surface area contributed by atoms with Gasteiger partial charge >= 0.3 is 6.03 Å². The lowest BCUT2D eigenvalue weighted by Crippen LogP contribution is -2.51. The fourth-order valence-corrected chi connectivity index (χ4v) is 3.03. The number of carbonyl (C=O) groups is 2. The summed E-state index contributed by atoms with van der Waals surface area (Å²) in [7, 11) is 0. The molecule has 5 nitrogen and oxygen atoms in total. The van der Waals surface area contributed by atoms with Crippen molar-refractivity contribution in [2.45, 2.75) is 39.2 Å². The lowest BCUT2D eigenvalue weighted by atomic mass is 9.96. The van der Waals surface area contributed by atoms with Gasteiger partial charge in [0.1, 0.15) is 5.82 Å². The SMILES string of the molecule is CC(C)(C)NC(=O)N1CCC(CNC(=O)c2c(F)cccc2Cl)CC1. The van der Waals surface area contributed by atoms with Gasteiger partial charge in [0.2, 0.25) is 0 Å². The lowest BCUT2D eigenvalue weighted by molar-refractivity contribution is 0.0933. The average molecular weight is 370 g/mol. The number of hydrogen-bond acceptors (Lipinski definition) is 2. The number of piperidine rings is 1. The number of nitrogens with zero attached hydrogens (tertiary/aromatic N) is 1. The number of rotatable bonds is 3. The first-order valence-corrected chi connectivity index (χ1v) is 8.84. The summed E-state index contributed by atoms with van der Waals surface area (Å²) in [6, 6.07) is 4.11. The highest BCUT2D eigenvalue weighted by Gasteiger charge is 2.26. The van der Waals surface area contributed by atoms with Gasteiger partial charge in [-0.3, -0.25) is 4.79 Å². The normalized spacial score (nSPS) is 15.8. The van der Waals surface area contributed by atoms with Crippen molar-refractivity contribution in [3.63, 3.8) is 0 Å². The van der Waals surface area contributed by atoms with Gasteiger partial charge in [0.15, 0.2) is 0 Å². The molecule has 2 N–H and O–H groups in total. The highest BCUT2D eigenvalue weighted by atomic mass is 35.5. The van der Waals surface area contributed by atoms with Gasteiger partial charge in [-0.2, -0.15) is 0 Å². The van der Waals surface area contributed by atoms with Gasteiger partial charge in [-0.25, -0.2) is 9.18 Å². The molecule has 1 aromatic carbocycles. The van der Waals surface area contributed by atoms with E-state index in [9.17, 15) is 14.0 Å². The lowest BCUT2D eigenvalue weighted by Gasteiger charge is -2.34. The number of hydrogen-bond donors (Lipinski definition) is 2. The van der Waals surface area contributed by atoms with Crippen molar-refractivity contribution in [2.75, 3.05) is 19.6 Å².